The Hall–Kier alpha value is -1.16. The van der Waals surface area contributed by atoms with Gasteiger partial charge in [-0.15, -0.1) is 0 Å². The topological polar surface area (TPSA) is 51.2 Å². The van der Waals surface area contributed by atoms with Crippen LogP contribution in [-0.4, -0.2) is 20.0 Å². The normalized spacial score (nSPS) is 11.4. The standard InChI is InChI=1S/C12H16O3S/c1-9-4-10(2)6-12(5-9)8-16(14,15)7-11(3)13/h4-6H,7-8H2,1-3H3. The summed E-state index contributed by atoms with van der Waals surface area (Å²) in [5.74, 6) is -0.751. The highest BCUT2D eigenvalue weighted by Crippen LogP contribution is 2.12. The number of carbonyl (C=O) groups is 1. The number of ketones is 1. The van der Waals surface area contributed by atoms with Crippen molar-refractivity contribution in [2.75, 3.05) is 5.75 Å². The third-order valence-corrected chi connectivity index (χ3v) is 3.71. The molecule has 0 aliphatic carbocycles. The number of benzene rings is 1. The summed E-state index contributed by atoms with van der Waals surface area (Å²) in [7, 11) is -3.32. The fourth-order valence-electron chi connectivity index (χ4n) is 1.77. The lowest BCUT2D eigenvalue weighted by atomic mass is 10.1. The van der Waals surface area contributed by atoms with Crippen molar-refractivity contribution >= 4 is 15.6 Å². The van der Waals surface area contributed by atoms with E-state index in [4.69, 9.17) is 0 Å². The second-order valence-electron chi connectivity index (χ2n) is 4.23. The molecule has 0 heterocycles. The zero-order valence-corrected chi connectivity index (χ0v) is 10.6. The number of hydrogen-bond donors (Lipinski definition) is 0. The fraction of sp³-hybridized carbons (Fsp3) is 0.417. The lowest BCUT2D eigenvalue weighted by Gasteiger charge is -2.05. The molecule has 0 atom stereocenters. The molecule has 4 heteroatoms. The van der Waals surface area contributed by atoms with E-state index in [2.05, 4.69) is 0 Å². The zero-order chi connectivity index (χ0) is 12.3. The summed E-state index contributed by atoms with van der Waals surface area (Å²) >= 11 is 0. The summed E-state index contributed by atoms with van der Waals surface area (Å²) in [5, 5.41) is 0. The number of hydrogen-bond acceptors (Lipinski definition) is 3. The van der Waals surface area contributed by atoms with Gasteiger partial charge < -0.3 is 0 Å². The zero-order valence-electron chi connectivity index (χ0n) is 9.78. The molecule has 16 heavy (non-hydrogen) atoms. The number of rotatable bonds is 4. The van der Waals surface area contributed by atoms with Gasteiger partial charge in [-0.25, -0.2) is 8.42 Å². The van der Waals surface area contributed by atoms with Crippen molar-refractivity contribution in [2.24, 2.45) is 0 Å². The van der Waals surface area contributed by atoms with E-state index in [0.717, 1.165) is 16.7 Å². The predicted octanol–water partition coefficient (Wildman–Crippen LogP) is 1.81. The molecule has 1 rings (SSSR count). The van der Waals surface area contributed by atoms with Gasteiger partial charge in [-0.1, -0.05) is 29.3 Å². The van der Waals surface area contributed by atoms with Gasteiger partial charge in [0.2, 0.25) is 0 Å². The molecule has 0 aliphatic heterocycles. The molecule has 3 nitrogen and oxygen atoms in total. The maximum Gasteiger partial charge on any atom is 0.161 e. The highest BCUT2D eigenvalue weighted by atomic mass is 32.2. The minimum atomic E-state index is -3.32. The molecule has 0 saturated carbocycles. The second-order valence-corrected chi connectivity index (χ2v) is 6.29. The van der Waals surface area contributed by atoms with E-state index in [1.54, 1.807) is 0 Å². The molecule has 0 amide bonds. The van der Waals surface area contributed by atoms with Crippen LogP contribution in [0, 0.1) is 13.8 Å². The first-order chi connectivity index (χ1) is 7.28. The van der Waals surface area contributed by atoms with Crippen LogP contribution in [-0.2, 0) is 20.4 Å². The van der Waals surface area contributed by atoms with Crippen molar-refractivity contribution in [1.82, 2.24) is 0 Å². The Morgan fingerprint density at radius 3 is 2.06 bits per heavy atom. The summed E-state index contributed by atoms with van der Waals surface area (Å²) < 4.78 is 23.2. The van der Waals surface area contributed by atoms with Gasteiger partial charge >= 0.3 is 0 Å². The lowest BCUT2D eigenvalue weighted by Crippen LogP contribution is -2.15. The van der Waals surface area contributed by atoms with Crippen molar-refractivity contribution < 1.29 is 13.2 Å². The molecule has 0 radical (unpaired) electrons. The predicted molar refractivity (Wildman–Crippen MR) is 64.1 cm³/mol. The molecular weight excluding hydrogens is 224 g/mol. The summed E-state index contributed by atoms with van der Waals surface area (Å²) in [6, 6.07) is 5.66. The van der Waals surface area contributed by atoms with Crippen LogP contribution in [0.2, 0.25) is 0 Å². The van der Waals surface area contributed by atoms with Crippen LogP contribution in [0.1, 0.15) is 23.6 Å². The monoisotopic (exact) mass is 240 g/mol. The van der Waals surface area contributed by atoms with Crippen molar-refractivity contribution in [3.05, 3.63) is 34.9 Å². The van der Waals surface area contributed by atoms with Crippen molar-refractivity contribution in [2.45, 2.75) is 26.5 Å². The maximum atomic E-state index is 11.6. The quantitative estimate of drug-likeness (QED) is 0.806. The third kappa shape index (κ3) is 4.14. The smallest absolute Gasteiger partial charge is 0.161 e. The van der Waals surface area contributed by atoms with Crippen LogP contribution in [0.4, 0.5) is 0 Å². The van der Waals surface area contributed by atoms with Crippen LogP contribution in [0.25, 0.3) is 0 Å². The van der Waals surface area contributed by atoms with E-state index in [1.807, 2.05) is 32.0 Å². The van der Waals surface area contributed by atoms with E-state index in [1.165, 1.54) is 6.92 Å². The average Bonchev–Trinajstić information content (AvgIpc) is 1.95. The highest BCUT2D eigenvalue weighted by Gasteiger charge is 2.14. The van der Waals surface area contributed by atoms with Gasteiger partial charge in [0.05, 0.1) is 5.75 Å². The number of sulfone groups is 1. The van der Waals surface area contributed by atoms with Crippen LogP contribution >= 0.6 is 0 Å². The maximum absolute atomic E-state index is 11.6. The molecule has 0 N–H and O–H groups in total. The van der Waals surface area contributed by atoms with Crippen LogP contribution in [0.3, 0.4) is 0 Å². The molecule has 0 aliphatic rings. The minimum Gasteiger partial charge on any atom is -0.299 e. The van der Waals surface area contributed by atoms with E-state index in [-0.39, 0.29) is 17.3 Å². The summed E-state index contributed by atoms with van der Waals surface area (Å²) in [4.78, 5) is 10.8. The largest absolute Gasteiger partial charge is 0.299 e. The Labute approximate surface area is 96.4 Å². The van der Waals surface area contributed by atoms with E-state index in [0.29, 0.717) is 0 Å². The van der Waals surface area contributed by atoms with Gasteiger partial charge in [-0.2, -0.15) is 0 Å². The van der Waals surface area contributed by atoms with Crippen LogP contribution < -0.4 is 0 Å². The van der Waals surface area contributed by atoms with Gasteiger partial charge in [0.15, 0.2) is 9.84 Å². The number of Topliss-reactive ketones (excluding diaryl/α,β-unsaturated/α-hetero) is 1. The Morgan fingerprint density at radius 2 is 1.62 bits per heavy atom. The SMILES string of the molecule is CC(=O)CS(=O)(=O)Cc1cc(C)cc(C)c1. The van der Waals surface area contributed by atoms with Crippen LogP contribution in [0.15, 0.2) is 18.2 Å². The molecule has 0 saturated heterocycles. The second kappa shape index (κ2) is 4.78. The van der Waals surface area contributed by atoms with Crippen molar-refractivity contribution in [3.63, 3.8) is 0 Å². The lowest BCUT2D eigenvalue weighted by molar-refractivity contribution is -0.114. The molecular formula is C12H16O3S. The Morgan fingerprint density at radius 1 is 1.12 bits per heavy atom. The van der Waals surface area contributed by atoms with E-state index in [9.17, 15) is 13.2 Å². The summed E-state index contributed by atoms with van der Waals surface area (Å²) in [5.41, 5.74) is 2.82. The molecule has 0 aromatic heterocycles. The average molecular weight is 240 g/mol. The van der Waals surface area contributed by atoms with E-state index < -0.39 is 9.84 Å². The van der Waals surface area contributed by atoms with Crippen LogP contribution in [0.5, 0.6) is 0 Å². The van der Waals surface area contributed by atoms with Crippen molar-refractivity contribution in [3.8, 4) is 0 Å². The molecule has 1 aromatic carbocycles. The molecule has 0 spiro atoms. The van der Waals surface area contributed by atoms with Gasteiger partial charge in [0.25, 0.3) is 0 Å². The summed E-state index contributed by atoms with van der Waals surface area (Å²) in [6.45, 7) is 5.14. The molecule has 1 aromatic rings. The molecule has 0 unspecified atom stereocenters. The van der Waals surface area contributed by atoms with Gasteiger partial charge in [-0.3, -0.25) is 4.79 Å². The van der Waals surface area contributed by atoms with Gasteiger partial charge in [0.1, 0.15) is 11.5 Å². The summed E-state index contributed by atoms with van der Waals surface area (Å²) in [6.07, 6.45) is 0. The fourth-order valence-corrected chi connectivity index (χ4v) is 3.16. The highest BCUT2D eigenvalue weighted by molar-refractivity contribution is 7.91. The van der Waals surface area contributed by atoms with Gasteiger partial charge in [-0.05, 0) is 26.3 Å². The van der Waals surface area contributed by atoms with Gasteiger partial charge in [0, 0.05) is 0 Å². The first-order valence-electron chi connectivity index (χ1n) is 5.05. The molecule has 0 bridgehead atoms. The Bertz CT molecular complexity index is 481. The van der Waals surface area contributed by atoms with Crippen molar-refractivity contribution in [1.29, 1.82) is 0 Å². The minimum absolute atomic E-state index is 0.0604. The molecule has 88 valence electrons. The Balaban J connectivity index is 2.92. The molecule has 0 fully saturated rings. The number of aryl methyl sites for hydroxylation is 2. The van der Waals surface area contributed by atoms with E-state index >= 15 is 0 Å². The first kappa shape index (κ1) is 12.9. The third-order valence-electron chi connectivity index (χ3n) is 2.09. The first-order valence-corrected chi connectivity index (χ1v) is 6.88. The Kier molecular flexibility index (Phi) is 3.86. The number of carbonyl (C=O) groups excluding carboxylic acids is 1.